The number of rotatable bonds is 4. The monoisotopic (exact) mass is 424 g/mol. The maximum atomic E-state index is 12.8. The summed E-state index contributed by atoms with van der Waals surface area (Å²) >= 11 is 13.9. The van der Waals surface area contributed by atoms with E-state index in [0.29, 0.717) is 15.8 Å². The molecule has 1 fully saturated rings. The number of thioether (sulfide) groups is 1. The number of piperazine rings is 1. The molecule has 2 aliphatic rings. The minimum atomic E-state index is -0.162. The van der Waals surface area contributed by atoms with E-state index in [-0.39, 0.29) is 5.69 Å². The molecule has 4 rings (SSSR count). The largest absolute Gasteiger partial charge is 0.367 e. The van der Waals surface area contributed by atoms with Crippen LogP contribution in [0.1, 0.15) is 23.2 Å². The van der Waals surface area contributed by atoms with Crippen LogP contribution in [0.5, 0.6) is 0 Å². The van der Waals surface area contributed by atoms with Crippen molar-refractivity contribution in [3.63, 3.8) is 0 Å². The van der Waals surface area contributed by atoms with Crippen LogP contribution in [0.25, 0.3) is 0 Å². The summed E-state index contributed by atoms with van der Waals surface area (Å²) in [5.74, 6) is 0.674. The van der Waals surface area contributed by atoms with Gasteiger partial charge in [0.15, 0.2) is 0 Å². The number of fused-ring (bicyclic) bond motifs is 1. The van der Waals surface area contributed by atoms with Crippen LogP contribution in [0.15, 0.2) is 28.0 Å². The van der Waals surface area contributed by atoms with E-state index < -0.39 is 0 Å². The average Bonchev–Trinajstić information content (AvgIpc) is 3.11. The van der Waals surface area contributed by atoms with Crippen molar-refractivity contribution in [3.8, 4) is 0 Å². The summed E-state index contributed by atoms with van der Waals surface area (Å²) in [5, 5.41) is 4.29. The lowest BCUT2D eigenvalue weighted by atomic mass is 10.2. The number of likely N-dealkylation sites (N-methyl/N-ethyl adjacent to an activating group) is 1. The van der Waals surface area contributed by atoms with Crippen molar-refractivity contribution in [2.45, 2.75) is 30.0 Å². The first-order valence-electron chi connectivity index (χ1n) is 9.18. The van der Waals surface area contributed by atoms with Gasteiger partial charge in [-0.2, -0.15) is 4.98 Å². The van der Waals surface area contributed by atoms with Gasteiger partial charge in [0, 0.05) is 47.5 Å². The summed E-state index contributed by atoms with van der Waals surface area (Å²) in [7, 11) is 2.12. The zero-order chi connectivity index (χ0) is 19.0. The third-order valence-electron chi connectivity index (χ3n) is 5.22. The molecular weight excluding hydrogens is 403 g/mol. The first-order valence-corrected chi connectivity index (χ1v) is 10.9. The highest BCUT2D eigenvalue weighted by atomic mass is 35.5. The maximum absolute atomic E-state index is 12.8. The van der Waals surface area contributed by atoms with Crippen molar-refractivity contribution in [1.82, 2.24) is 14.6 Å². The minimum absolute atomic E-state index is 0.162. The lowest BCUT2D eigenvalue weighted by Crippen LogP contribution is -2.54. The molecule has 0 radical (unpaired) electrons. The van der Waals surface area contributed by atoms with Crippen LogP contribution in [0.4, 0.5) is 0 Å². The summed E-state index contributed by atoms with van der Waals surface area (Å²) in [6, 6.07) is 5.53. The smallest absolute Gasteiger partial charge is 0.306 e. The van der Waals surface area contributed by atoms with Crippen LogP contribution < -0.4 is 10.7 Å². The zero-order valence-electron chi connectivity index (χ0n) is 15.3. The molecule has 144 valence electrons. The molecule has 27 heavy (non-hydrogen) atoms. The standard InChI is InChI=1S/C19H22Cl2N4OS/c1-23-7-9-24(10-8-23)25-17-4-2-3-15(17)18(22-19(25)26)27-12-13-5-6-14(20)11-16(13)21/h5-6,11H,2-4,7-10,12H2,1H3. The second-order valence-corrected chi connectivity index (χ2v) is 8.88. The van der Waals surface area contributed by atoms with Gasteiger partial charge < -0.3 is 9.91 Å². The Labute approximate surface area is 173 Å². The average molecular weight is 425 g/mol. The van der Waals surface area contributed by atoms with Crippen molar-refractivity contribution < 1.29 is 0 Å². The van der Waals surface area contributed by atoms with Crippen LogP contribution in [0.2, 0.25) is 10.0 Å². The first kappa shape index (κ1) is 19.1. The lowest BCUT2D eigenvalue weighted by Gasteiger charge is -2.35. The molecule has 1 aliphatic heterocycles. The molecule has 0 unspecified atom stereocenters. The molecule has 1 aromatic heterocycles. The third kappa shape index (κ3) is 3.99. The second kappa shape index (κ2) is 8.03. The Hall–Kier alpha value is -1.21. The van der Waals surface area contributed by atoms with E-state index >= 15 is 0 Å². The fourth-order valence-electron chi connectivity index (χ4n) is 3.70. The van der Waals surface area contributed by atoms with Crippen molar-refractivity contribution >= 4 is 35.0 Å². The molecule has 2 heterocycles. The highest BCUT2D eigenvalue weighted by Crippen LogP contribution is 2.33. The van der Waals surface area contributed by atoms with Gasteiger partial charge in [-0.25, -0.2) is 9.47 Å². The zero-order valence-corrected chi connectivity index (χ0v) is 17.6. The van der Waals surface area contributed by atoms with E-state index in [1.54, 1.807) is 17.8 Å². The highest BCUT2D eigenvalue weighted by molar-refractivity contribution is 7.98. The van der Waals surface area contributed by atoms with Gasteiger partial charge in [0.1, 0.15) is 5.03 Å². The van der Waals surface area contributed by atoms with Gasteiger partial charge >= 0.3 is 5.69 Å². The Morgan fingerprint density at radius 1 is 1.15 bits per heavy atom. The van der Waals surface area contributed by atoms with Gasteiger partial charge in [0.25, 0.3) is 0 Å². The summed E-state index contributed by atoms with van der Waals surface area (Å²) in [4.78, 5) is 19.6. The van der Waals surface area contributed by atoms with Crippen molar-refractivity contribution in [3.05, 3.63) is 55.5 Å². The number of nitrogens with zero attached hydrogens (tertiary/aromatic N) is 4. The topological polar surface area (TPSA) is 41.4 Å². The van der Waals surface area contributed by atoms with Gasteiger partial charge in [0.05, 0.1) is 5.69 Å². The van der Waals surface area contributed by atoms with Gasteiger partial charge in [-0.1, -0.05) is 29.3 Å². The molecule has 1 aliphatic carbocycles. The Balaban J connectivity index is 1.60. The van der Waals surface area contributed by atoms with E-state index in [0.717, 1.165) is 61.7 Å². The van der Waals surface area contributed by atoms with Crippen LogP contribution in [0, 0.1) is 0 Å². The number of hydrogen-bond acceptors (Lipinski definition) is 5. The van der Waals surface area contributed by atoms with Crippen molar-refractivity contribution in [1.29, 1.82) is 0 Å². The predicted molar refractivity (Wildman–Crippen MR) is 112 cm³/mol. The molecule has 0 amide bonds. The highest BCUT2D eigenvalue weighted by Gasteiger charge is 2.26. The Kier molecular flexibility index (Phi) is 5.69. The fourth-order valence-corrected chi connectivity index (χ4v) is 5.34. The first-order chi connectivity index (χ1) is 13.0. The summed E-state index contributed by atoms with van der Waals surface area (Å²) in [6.45, 7) is 3.65. The van der Waals surface area contributed by atoms with Gasteiger partial charge in [-0.3, -0.25) is 0 Å². The molecule has 1 saturated heterocycles. The summed E-state index contributed by atoms with van der Waals surface area (Å²) in [5.41, 5.74) is 3.21. The van der Waals surface area contributed by atoms with Crippen molar-refractivity contribution in [2.75, 3.05) is 38.2 Å². The van der Waals surface area contributed by atoms with Crippen LogP contribution >= 0.6 is 35.0 Å². The molecular formula is C19H22Cl2N4OS. The maximum Gasteiger partial charge on any atom is 0.367 e. The molecule has 0 bridgehead atoms. The summed E-state index contributed by atoms with van der Waals surface area (Å²) in [6.07, 6.45) is 2.99. The van der Waals surface area contributed by atoms with Crippen molar-refractivity contribution in [2.24, 2.45) is 0 Å². The lowest BCUT2D eigenvalue weighted by molar-refractivity contribution is 0.282. The van der Waals surface area contributed by atoms with Gasteiger partial charge in [-0.05, 0) is 44.0 Å². The van der Waals surface area contributed by atoms with Gasteiger partial charge in [0.2, 0.25) is 0 Å². The fraction of sp³-hybridized carbons (Fsp3) is 0.474. The minimum Gasteiger partial charge on any atom is -0.306 e. The normalized spacial score (nSPS) is 17.4. The van der Waals surface area contributed by atoms with Crippen LogP contribution in [-0.2, 0) is 18.6 Å². The SMILES string of the molecule is CN1CCN(n2c3c(c(SCc4ccc(Cl)cc4Cl)nc2=O)CCC3)CC1. The van der Waals surface area contributed by atoms with Gasteiger partial charge in [-0.15, -0.1) is 11.8 Å². The molecule has 0 spiro atoms. The number of aromatic nitrogens is 2. The molecule has 5 nitrogen and oxygen atoms in total. The molecule has 2 aromatic rings. The number of halogens is 2. The Morgan fingerprint density at radius 2 is 1.93 bits per heavy atom. The number of hydrogen-bond donors (Lipinski definition) is 0. The Bertz CT molecular complexity index is 909. The molecule has 0 atom stereocenters. The van der Waals surface area contributed by atoms with E-state index in [1.807, 2.05) is 16.8 Å². The van der Waals surface area contributed by atoms with Crippen LogP contribution in [0.3, 0.4) is 0 Å². The van der Waals surface area contributed by atoms with E-state index in [1.165, 1.54) is 5.56 Å². The number of benzene rings is 1. The quantitative estimate of drug-likeness (QED) is 0.556. The Morgan fingerprint density at radius 3 is 2.67 bits per heavy atom. The molecule has 1 aromatic carbocycles. The van der Waals surface area contributed by atoms with E-state index in [9.17, 15) is 4.79 Å². The third-order valence-corrected chi connectivity index (χ3v) is 6.88. The predicted octanol–water partition coefficient (Wildman–Crippen LogP) is 3.21. The van der Waals surface area contributed by atoms with E-state index in [4.69, 9.17) is 23.2 Å². The molecule has 0 saturated carbocycles. The van der Waals surface area contributed by atoms with E-state index in [2.05, 4.69) is 21.9 Å². The summed E-state index contributed by atoms with van der Waals surface area (Å²) < 4.78 is 1.84. The second-order valence-electron chi connectivity index (χ2n) is 7.07. The van der Waals surface area contributed by atoms with Crippen LogP contribution in [-0.4, -0.2) is 47.8 Å². The molecule has 0 N–H and O–H groups in total. The molecule has 8 heteroatoms.